The van der Waals surface area contributed by atoms with Gasteiger partial charge in [-0.05, 0) is 61.4 Å². The summed E-state index contributed by atoms with van der Waals surface area (Å²) in [6, 6.07) is 9.88. The Morgan fingerprint density at radius 1 is 1.27 bits per heavy atom. The maximum Gasteiger partial charge on any atom is 0.248 e. The van der Waals surface area contributed by atoms with Gasteiger partial charge in [-0.1, -0.05) is 6.07 Å². The van der Waals surface area contributed by atoms with Crippen LogP contribution in [-0.2, 0) is 16.0 Å². The molecule has 2 aromatic rings. The zero-order valence-electron chi connectivity index (χ0n) is 15.2. The van der Waals surface area contributed by atoms with Gasteiger partial charge >= 0.3 is 0 Å². The first-order valence-corrected chi connectivity index (χ1v) is 9.14. The third kappa shape index (κ3) is 5.26. The van der Waals surface area contributed by atoms with Crippen LogP contribution in [0.5, 0.6) is 0 Å². The number of aromatic nitrogens is 2. The van der Waals surface area contributed by atoms with Gasteiger partial charge in [-0.3, -0.25) is 4.79 Å². The lowest BCUT2D eigenvalue weighted by Crippen LogP contribution is -2.41. The molecule has 0 aromatic carbocycles. The molecule has 3 rings (SSSR count). The Labute approximate surface area is 154 Å². The van der Waals surface area contributed by atoms with Crippen molar-refractivity contribution in [2.45, 2.75) is 25.7 Å². The lowest BCUT2D eigenvalue weighted by molar-refractivity contribution is -0.137. The van der Waals surface area contributed by atoms with E-state index in [0.29, 0.717) is 5.92 Å². The number of carbonyl (C=O) groups is 1. The highest BCUT2D eigenvalue weighted by atomic mass is 16.5. The molecule has 6 heteroatoms. The number of hydrogen-bond acceptors (Lipinski definition) is 5. The second-order valence-electron chi connectivity index (χ2n) is 6.71. The maximum absolute atomic E-state index is 12.0. The molecular weight excluding hydrogens is 328 g/mol. The van der Waals surface area contributed by atoms with E-state index >= 15 is 0 Å². The van der Waals surface area contributed by atoms with Crippen LogP contribution in [0.4, 0.5) is 11.6 Å². The molecule has 6 nitrogen and oxygen atoms in total. The Morgan fingerprint density at radius 2 is 2.15 bits per heavy atom. The number of pyridine rings is 2. The maximum atomic E-state index is 12.0. The van der Waals surface area contributed by atoms with E-state index in [2.05, 4.69) is 27.4 Å². The van der Waals surface area contributed by atoms with Crippen LogP contribution < -0.4 is 5.32 Å². The molecule has 138 valence electrons. The van der Waals surface area contributed by atoms with Gasteiger partial charge in [-0.15, -0.1) is 0 Å². The van der Waals surface area contributed by atoms with Crippen molar-refractivity contribution < 1.29 is 9.53 Å². The first-order valence-electron chi connectivity index (χ1n) is 9.14. The van der Waals surface area contributed by atoms with Crippen molar-refractivity contribution >= 4 is 17.5 Å². The molecule has 1 aliphatic rings. The zero-order valence-corrected chi connectivity index (χ0v) is 15.2. The van der Waals surface area contributed by atoms with Crippen LogP contribution in [0.3, 0.4) is 0 Å². The lowest BCUT2D eigenvalue weighted by atomic mass is 9.92. The summed E-state index contributed by atoms with van der Waals surface area (Å²) in [4.78, 5) is 22.6. The molecule has 0 saturated carbocycles. The monoisotopic (exact) mass is 354 g/mol. The zero-order chi connectivity index (χ0) is 18.2. The fourth-order valence-corrected chi connectivity index (χ4v) is 3.38. The van der Waals surface area contributed by atoms with E-state index in [0.717, 1.165) is 44.0 Å². The van der Waals surface area contributed by atoms with Gasteiger partial charge in [0.05, 0.1) is 0 Å². The minimum atomic E-state index is 0.1000. The first kappa shape index (κ1) is 18.3. The average molecular weight is 354 g/mol. The number of aryl methyl sites for hydroxylation is 1. The van der Waals surface area contributed by atoms with Crippen LogP contribution in [0.2, 0.25) is 0 Å². The van der Waals surface area contributed by atoms with Crippen molar-refractivity contribution in [1.29, 1.82) is 0 Å². The van der Waals surface area contributed by atoms with Crippen molar-refractivity contribution in [3.63, 3.8) is 0 Å². The Hall–Kier alpha value is -2.47. The van der Waals surface area contributed by atoms with Crippen molar-refractivity contribution in [2.24, 2.45) is 5.92 Å². The predicted molar refractivity (Wildman–Crippen MR) is 101 cm³/mol. The van der Waals surface area contributed by atoms with Gasteiger partial charge in [0.1, 0.15) is 18.2 Å². The largest absolute Gasteiger partial charge is 0.375 e. The van der Waals surface area contributed by atoms with Crippen LogP contribution >= 0.6 is 0 Å². The molecule has 3 heterocycles. The molecule has 1 fully saturated rings. The van der Waals surface area contributed by atoms with Gasteiger partial charge < -0.3 is 15.0 Å². The molecule has 0 radical (unpaired) electrons. The molecule has 0 bridgehead atoms. The van der Waals surface area contributed by atoms with E-state index in [4.69, 9.17) is 4.74 Å². The average Bonchev–Trinajstić information content (AvgIpc) is 2.68. The Bertz CT molecular complexity index is 708. The number of piperidine rings is 1. The quantitative estimate of drug-likeness (QED) is 0.828. The topological polar surface area (TPSA) is 67.3 Å². The summed E-state index contributed by atoms with van der Waals surface area (Å²) in [5.74, 6) is 2.24. The smallest absolute Gasteiger partial charge is 0.248 e. The second-order valence-corrected chi connectivity index (χ2v) is 6.71. The molecule has 0 unspecified atom stereocenters. The Morgan fingerprint density at radius 3 is 2.96 bits per heavy atom. The summed E-state index contributed by atoms with van der Waals surface area (Å²) < 4.78 is 4.97. The number of hydrogen-bond donors (Lipinski definition) is 1. The van der Waals surface area contributed by atoms with E-state index < -0.39 is 0 Å². The molecule has 1 atom stereocenters. The summed E-state index contributed by atoms with van der Waals surface area (Å²) in [5.41, 5.74) is 1.25. The minimum absolute atomic E-state index is 0.1000. The third-order valence-corrected chi connectivity index (χ3v) is 4.73. The molecular formula is C20H26N4O2. The molecule has 26 heavy (non-hydrogen) atoms. The number of rotatable bonds is 7. The van der Waals surface area contributed by atoms with E-state index in [1.807, 2.05) is 29.3 Å². The highest BCUT2D eigenvalue weighted by Crippen LogP contribution is 2.22. The van der Waals surface area contributed by atoms with Crippen LogP contribution in [0.25, 0.3) is 0 Å². The van der Waals surface area contributed by atoms with Gasteiger partial charge in [0.2, 0.25) is 5.91 Å². The third-order valence-electron chi connectivity index (χ3n) is 4.73. The van der Waals surface area contributed by atoms with E-state index in [1.54, 1.807) is 13.3 Å². The van der Waals surface area contributed by atoms with Crippen molar-refractivity contribution in [3.8, 4) is 0 Å². The predicted octanol–water partition coefficient (Wildman–Crippen LogP) is 3.04. The number of amides is 1. The summed E-state index contributed by atoms with van der Waals surface area (Å²) in [5, 5.41) is 3.23. The van der Waals surface area contributed by atoms with Gasteiger partial charge in [-0.25, -0.2) is 9.97 Å². The molecule has 0 aliphatic carbocycles. The fourth-order valence-electron chi connectivity index (χ4n) is 3.38. The minimum Gasteiger partial charge on any atom is -0.375 e. The number of nitrogens with one attached hydrogen (secondary N) is 1. The van der Waals surface area contributed by atoms with Crippen LogP contribution in [0, 0.1) is 5.92 Å². The van der Waals surface area contributed by atoms with Crippen LogP contribution in [-0.4, -0.2) is 47.6 Å². The number of methoxy groups -OCH3 is 1. The van der Waals surface area contributed by atoms with Gasteiger partial charge in [0.15, 0.2) is 0 Å². The summed E-state index contributed by atoms with van der Waals surface area (Å²) in [6.45, 7) is 1.87. The normalized spacial score (nSPS) is 17.1. The number of likely N-dealkylation sites (tertiary alicyclic amines) is 1. The first-order chi connectivity index (χ1) is 12.7. The molecule has 2 aromatic heterocycles. The number of ether oxygens (including phenoxy) is 1. The Kier molecular flexibility index (Phi) is 6.55. The van der Waals surface area contributed by atoms with E-state index in [1.165, 1.54) is 12.0 Å². The van der Waals surface area contributed by atoms with Gasteiger partial charge in [-0.2, -0.15) is 0 Å². The molecule has 1 aliphatic heterocycles. The van der Waals surface area contributed by atoms with Crippen LogP contribution in [0.1, 0.15) is 24.8 Å². The second kappa shape index (κ2) is 9.29. The molecule has 0 spiro atoms. The summed E-state index contributed by atoms with van der Waals surface area (Å²) >= 11 is 0. The standard InChI is InChI=1S/C20H26N4O2/c1-26-15-20(25)24-12-4-5-17(14-24)8-7-16-9-11-22-19(13-16)23-18-6-2-3-10-21-18/h2-3,6,9-11,13,17H,4-5,7-8,12,14-15H2,1H3,(H,21,22,23)/t17-/m1/s1. The highest BCUT2D eigenvalue weighted by molar-refractivity contribution is 5.77. The number of carbonyl (C=O) groups excluding carboxylic acids is 1. The fraction of sp³-hybridized carbons (Fsp3) is 0.450. The van der Waals surface area contributed by atoms with Crippen LogP contribution in [0.15, 0.2) is 42.7 Å². The van der Waals surface area contributed by atoms with E-state index in [-0.39, 0.29) is 12.5 Å². The molecule has 1 saturated heterocycles. The lowest BCUT2D eigenvalue weighted by Gasteiger charge is -2.32. The van der Waals surface area contributed by atoms with Crippen molar-refractivity contribution in [2.75, 3.05) is 32.1 Å². The number of anilines is 2. The molecule has 1 amide bonds. The number of nitrogens with zero attached hydrogens (tertiary/aromatic N) is 3. The SMILES string of the molecule is COCC(=O)N1CCC[C@H](CCc2ccnc(Nc3ccccn3)c2)C1. The summed E-state index contributed by atoms with van der Waals surface area (Å²) in [7, 11) is 1.57. The highest BCUT2D eigenvalue weighted by Gasteiger charge is 2.23. The summed E-state index contributed by atoms with van der Waals surface area (Å²) in [6.07, 6.45) is 7.89. The Balaban J connectivity index is 1.53. The van der Waals surface area contributed by atoms with E-state index in [9.17, 15) is 4.79 Å². The van der Waals surface area contributed by atoms with Gasteiger partial charge in [0, 0.05) is 32.6 Å². The van der Waals surface area contributed by atoms with Gasteiger partial charge in [0.25, 0.3) is 0 Å². The molecule has 1 N–H and O–H groups in total. The van der Waals surface area contributed by atoms with Crippen molar-refractivity contribution in [3.05, 3.63) is 48.3 Å². The van der Waals surface area contributed by atoms with Crippen molar-refractivity contribution in [1.82, 2.24) is 14.9 Å².